The molecule has 2 aliphatic carbocycles. The Kier molecular flexibility index (Phi) is 9.69. The van der Waals surface area contributed by atoms with E-state index in [0.29, 0.717) is 0 Å². The first-order valence-corrected chi connectivity index (χ1v) is 24.2. The average Bonchev–Trinajstić information content (AvgIpc) is 3.27. The molecule has 0 aliphatic heterocycles. The van der Waals surface area contributed by atoms with E-state index in [0.717, 1.165) is 0 Å². The molecule has 0 unspecified atom stereocenters. The molecule has 4 rings (SSSR count). The zero-order valence-electron chi connectivity index (χ0n) is 18.1. The number of benzene rings is 2. The van der Waals surface area contributed by atoms with E-state index in [1.54, 1.807) is 11.1 Å². The summed E-state index contributed by atoms with van der Waals surface area (Å²) in [5, 5.41) is 0. The Hall–Kier alpha value is -0.594. The fourth-order valence-corrected chi connectivity index (χ4v) is 34.5. The van der Waals surface area contributed by atoms with Gasteiger partial charge in [-0.3, -0.25) is 0 Å². The van der Waals surface area contributed by atoms with E-state index in [4.69, 9.17) is 0 Å². The Morgan fingerprint density at radius 3 is 1.33 bits per heavy atom. The monoisotopic (exact) mass is 574 g/mol. The van der Waals surface area contributed by atoms with Crippen molar-refractivity contribution in [2.45, 2.75) is 38.2 Å². The van der Waals surface area contributed by atoms with Gasteiger partial charge in [-0.2, -0.15) is 0 Å². The van der Waals surface area contributed by atoms with Crippen LogP contribution in [0, 0.1) is 0 Å². The van der Waals surface area contributed by atoms with Crippen molar-refractivity contribution in [1.82, 2.24) is 0 Å². The van der Waals surface area contributed by atoms with Crippen LogP contribution in [0.2, 0.25) is 11.5 Å². The number of halogens is 2. The molecule has 0 atom stereocenters. The second-order valence-corrected chi connectivity index (χ2v) is 36.1. The summed E-state index contributed by atoms with van der Waals surface area (Å²) in [6.45, 7) is 4.76. The fraction of sp³-hybridized carbons (Fsp3) is 0.231. The zero-order valence-corrected chi connectivity index (χ0v) is 24.2. The molecule has 0 amide bonds. The molecule has 2 aliphatic rings. The number of hydrogen-bond donors (Lipinski definition) is 0. The van der Waals surface area contributed by atoms with Crippen molar-refractivity contribution in [2.24, 2.45) is 0 Å². The predicted molar refractivity (Wildman–Crippen MR) is 121 cm³/mol. The van der Waals surface area contributed by atoms with Crippen LogP contribution in [0.5, 0.6) is 0 Å². The molecule has 0 heterocycles. The molecule has 0 aromatic heterocycles. The summed E-state index contributed by atoms with van der Waals surface area (Å²) in [6.07, 6.45) is 7.40. The average molecular weight is 575 g/mol. The van der Waals surface area contributed by atoms with Gasteiger partial charge in [0.15, 0.2) is 0 Å². The van der Waals surface area contributed by atoms with Gasteiger partial charge in [-0.15, -0.1) is 0 Å². The van der Waals surface area contributed by atoms with Crippen molar-refractivity contribution in [1.29, 1.82) is 0 Å². The molecular weight excluding hydrogens is 547 g/mol. The van der Waals surface area contributed by atoms with Gasteiger partial charge in [0.1, 0.15) is 0 Å². The summed E-state index contributed by atoms with van der Waals surface area (Å²) in [4.78, 5) is 0. The summed E-state index contributed by atoms with van der Waals surface area (Å²) in [5.41, 5.74) is 9.09. The van der Waals surface area contributed by atoms with E-state index < -0.39 is 28.6 Å². The van der Waals surface area contributed by atoms with Crippen molar-refractivity contribution < 1.29 is 43.4 Å². The van der Waals surface area contributed by atoms with E-state index in [2.05, 4.69) is 98.2 Å². The van der Waals surface area contributed by atoms with E-state index in [1.807, 2.05) is 6.56 Å². The fourth-order valence-electron chi connectivity index (χ4n) is 4.49. The molecule has 0 spiro atoms. The molecule has 0 saturated carbocycles. The second-order valence-electron chi connectivity index (χ2n) is 8.12. The van der Waals surface area contributed by atoms with Crippen LogP contribution in [0.15, 0.2) is 90.5 Å². The molecule has 0 nitrogen and oxygen atoms in total. The van der Waals surface area contributed by atoms with Crippen LogP contribution < -0.4 is 24.8 Å². The smallest absolute Gasteiger partial charge is 1.00 e. The van der Waals surface area contributed by atoms with Gasteiger partial charge in [-0.1, -0.05) is 0 Å². The molecule has 2 aromatic rings. The van der Waals surface area contributed by atoms with Gasteiger partial charge >= 0.3 is 180 Å². The number of rotatable bonds is 4. The number of allylic oxidation sites excluding steroid dienone is 8. The molecule has 0 N–H and O–H groups in total. The molecule has 0 bridgehead atoms. The minimum atomic E-state index is -1.75. The van der Waals surface area contributed by atoms with Gasteiger partial charge in [0, 0.05) is 0 Å². The maximum absolute atomic E-state index is 2.64. The standard InChI is InChI=1S/2C12H11.C2H6Ge.2ClH.Zr/c2*1-10-7-8-12(9-10)11-5-3-2-4-6-11;1-3-2;;;/h2*2-6,9H,8H2,1H3;1-2H3;2*1H;/q;;;;;+2/p-2. The Bertz CT molecular complexity index is 989. The van der Waals surface area contributed by atoms with E-state index >= 15 is 0 Å². The Labute approximate surface area is 202 Å². The quantitative estimate of drug-likeness (QED) is 0.484. The van der Waals surface area contributed by atoms with Gasteiger partial charge in [-0.25, -0.2) is 0 Å². The van der Waals surface area contributed by atoms with Crippen LogP contribution in [0.25, 0.3) is 11.1 Å². The zero-order chi connectivity index (χ0) is 19.7. The summed E-state index contributed by atoms with van der Waals surface area (Å²) in [5.74, 6) is 5.27. The van der Waals surface area contributed by atoms with Crippen molar-refractivity contribution in [2.75, 3.05) is 0 Å². The van der Waals surface area contributed by atoms with Gasteiger partial charge in [0.25, 0.3) is 0 Å². The maximum Gasteiger partial charge on any atom is -1.00 e. The SMILES string of the molecule is CC1=[C]([Zr+2]([C]2=C(C)C=C(c3ccccc3)C2)=[Ge]([CH3])[CH3])CC(c2ccccc2)=C1.[Cl-].[Cl-]. The molecule has 0 fully saturated rings. The first-order chi connectivity index (χ1) is 13.5. The normalized spacial score (nSPS) is 15.0. The van der Waals surface area contributed by atoms with Crippen molar-refractivity contribution in [3.8, 4) is 0 Å². The maximum atomic E-state index is 2.64. The van der Waals surface area contributed by atoms with Crippen molar-refractivity contribution in [3.05, 3.63) is 102 Å². The van der Waals surface area contributed by atoms with E-state index in [1.165, 1.54) is 35.1 Å². The summed E-state index contributed by atoms with van der Waals surface area (Å²) in [6, 6.07) is 22.0. The first kappa shape index (κ1) is 25.7. The first-order valence-electron chi connectivity index (χ1n) is 10.1. The van der Waals surface area contributed by atoms with Crippen LogP contribution in [0.4, 0.5) is 0 Å². The molecule has 2 aromatic carbocycles. The largest absolute Gasteiger partial charge is 1.00 e. The van der Waals surface area contributed by atoms with Crippen LogP contribution >= 0.6 is 0 Å². The van der Waals surface area contributed by atoms with Crippen LogP contribution in [0.1, 0.15) is 37.8 Å². The predicted octanol–water partition coefficient (Wildman–Crippen LogP) is 1.39. The second kappa shape index (κ2) is 11.3. The van der Waals surface area contributed by atoms with Crippen LogP contribution in [0.3, 0.4) is 0 Å². The molecule has 30 heavy (non-hydrogen) atoms. The number of hydrogen-bond acceptors (Lipinski definition) is 0. The van der Waals surface area contributed by atoms with Gasteiger partial charge in [0.05, 0.1) is 0 Å². The van der Waals surface area contributed by atoms with Gasteiger partial charge < -0.3 is 24.8 Å². The topological polar surface area (TPSA) is 0 Å². The van der Waals surface area contributed by atoms with Gasteiger partial charge in [-0.05, 0) is 0 Å². The minimum Gasteiger partial charge on any atom is -1.00 e. The minimum absolute atomic E-state index is 0. The summed E-state index contributed by atoms with van der Waals surface area (Å²) < 4.78 is 3.77. The third kappa shape index (κ3) is 5.41. The third-order valence-electron chi connectivity index (χ3n) is 5.86. The summed E-state index contributed by atoms with van der Waals surface area (Å²) in [7, 11) is -0.995. The van der Waals surface area contributed by atoms with Crippen molar-refractivity contribution >= 4 is 21.1 Å². The Balaban J connectivity index is 0.00000160. The van der Waals surface area contributed by atoms with Crippen LogP contribution in [-0.2, 0) is 18.6 Å². The molecule has 0 radical (unpaired) electrons. The van der Waals surface area contributed by atoms with E-state index in [9.17, 15) is 0 Å². The van der Waals surface area contributed by atoms with Gasteiger partial charge in [0.2, 0.25) is 0 Å². The summed E-state index contributed by atoms with van der Waals surface area (Å²) >= 11 is -1.75. The molecular formula is C26H28Cl2GeZr. The van der Waals surface area contributed by atoms with Crippen molar-refractivity contribution in [3.63, 3.8) is 0 Å². The molecule has 4 heteroatoms. The van der Waals surface area contributed by atoms with Crippen LogP contribution in [-0.4, -0.2) is 9.98 Å². The third-order valence-corrected chi connectivity index (χ3v) is 34.0. The Morgan fingerprint density at radius 1 is 0.633 bits per heavy atom. The molecule has 154 valence electrons. The molecule has 0 saturated heterocycles. The Morgan fingerprint density at radius 2 is 1.00 bits per heavy atom. The van der Waals surface area contributed by atoms with E-state index in [-0.39, 0.29) is 24.8 Å².